The van der Waals surface area contributed by atoms with Crippen LogP contribution in [0.4, 0.5) is 0 Å². The van der Waals surface area contributed by atoms with Gasteiger partial charge in [-0.3, -0.25) is 0 Å². The zero-order valence-corrected chi connectivity index (χ0v) is 13.3. The number of phenols is 2. The Morgan fingerprint density at radius 3 is 2.33 bits per heavy atom. The summed E-state index contributed by atoms with van der Waals surface area (Å²) < 4.78 is 0. The van der Waals surface area contributed by atoms with Crippen LogP contribution in [0.1, 0.15) is 16.7 Å². The van der Waals surface area contributed by atoms with Gasteiger partial charge in [0, 0.05) is 5.56 Å². The highest BCUT2D eigenvalue weighted by Gasteiger charge is 2.23. The molecule has 0 aromatic heterocycles. The van der Waals surface area contributed by atoms with Crippen molar-refractivity contribution in [1.82, 2.24) is 0 Å². The summed E-state index contributed by atoms with van der Waals surface area (Å²) in [6, 6.07) is 18.2. The molecule has 118 valence electrons. The van der Waals surface area contributed by atoms with Crippen LogP contribution in [0.2, 0.25) is 0 Å². The number of rotatable bonds is 3. The predicted octanol–water partition coefficient (Wildman–Crippen LogP) is 5.06. The van der Waals surface area contributed by atoms with Gasteiger partial charge >= 0.3 is 0 Å². The molecule has 0 fully saturated rings. The molecule has 2 N–H and O–H groups in total. The Hall–Kier alpha value is -3.00. The largest absolute Gasteiger partial charge is 0.504 e. The maximum Gasteiger partial charge on any atom is 0.161 e. The van der Waals surface area contributed by atoms with Gasteiger partial charge in [0.25, 0.3) is 0 Å². The van der Waals surface area contributed by atoms with Crippen molar-refractivity contribution < 1.29 is 10.2 Å². The maximum atomic E-state index is 10.3. The summed E-state index contributed by atoms with van der Waals surface area (Å²) in [5, 5.41) is 20.1. The molecule has 0 radical (unpaired) electrons. The third-order valence-corrected chi connectivity index (χ3v) is 4.75. The fraction of sp³-hybridized carbons (Fsp3) is 0.0909. The number of fused-ring (bicyclic) bond motifs is 3. The van der Waals surface area contributed by atoms with Gasteiger partial charge in [0.1, 0.15) is 0 Å². The molecule has 0 spiro atoms. The molecule has 3 aromatic carbocycles. The van der Waals surface area contributed by atoms with Crippen LogP contribution < -0.4 is 0 Å². The Labute approximate surface area is 141 Å². The van der Waals surface area contributed by atoms with Gasteiger partial charge < -0.3 is 10.2 Å². The molecule has 0 saturated heterocycles. The summed E-state index contributed by atoms with van der Waals surface area (Å²) in [4.78, 5) is 0. The lowest BCUT2D eigenvalue weighted by atomic mass is 9.91. The van der Waals surface area contributed by atoms with Crippen LogP contribution in [0.3, 0.4) is 0 Å². The van der Waals surface area contributed by atoms with Crippen LogP contribution in [0.5, 0.6) is 11.5 Å². The zero-order chi connectivity index (χ0) is 16.7. The van der Waals surface area contributed by atoms with E-state index in [0.29, 0.717) is 12.0 Å². The molecule has 1 aliphatic rings. The molecule has 1 aliphatic carbocycles. The van der Waals surface area contributed by atoms with Crippen LogP contribution in [-0.4, -0.2) is 10.2 Å². The second-order valence-electron chi connectivity index (χ2n) is 6.12. The van der Waals surface area contributed by atoms with Crippen LogP contribution in [-0.2, 0) is 12.8 Å². The Kier molecular flexibility index (Phi) is 3.39. The van der Waals surface area contributed by atoms with Crippen molar-refractivity contribution in [2.75, 3.05) is 0 Å². The third-order valence-electron chi connectivity index (χ3n) is 4.75. The molecule has 0 amide bonds. The van der Waals surface area contributed by atoms with Crippen LogP contribution in [0, 0.1) is 0 Å². The maximum absolute atomic E-state index is 10.3. The van der Waals surface area contributed by atoms with Gasteiger partial charge in [0.2, 0.25) is 0 Å². The number of aromatic hydroxyl groups is 2. The fourth-order valence-electron chi connectivity index (χ4n) is 3.64. The van der Waals surface area contributed by atoms with E-state index in [4.69, 9.17) is 0 Å². The molecule has 3 aromatic rings. The summed E-state index contributed by atoms with van der Waals surface area (Å²) in [6.07, 6.45) is 3.14. The van der Waals surface area contributed by atoms with Crippen molar-refractivity contribution in [2.24, 2.45) is 0 Å². The molecule has 0 atom stereocenters. The molecule has 2 nitrogen and oxygen atoms in total. The second-order valence-corrected chi connectivity index (χ2v) is 6.12. The summed E-state index contributed by atoms with van der Waals surface area (Å²) in [5.41, 5.74) is 7.91. The molecule has 2 heteroatoms. The highest BCUT2D eigenvalue weighted by molar-refractivity contribution is 5.86. The van der Waals surface area contributed by atoms with E-state index in [-0.39, 0.29) is 11.5 Å². The Bertz CT molecular complexity index is 954. The van der Waals surface area contributed by atoms with Crippen molar-refractivity contribution in [1.29, 1.82) is 0 Å². The number of hydrogen-bond acceptors (Lipinski definition) is 2. The van der Waals surface area contributed by atoms with E-state index in [0.717, 1.165) is 17.5 Å². The summed E-state index contributed by atoms with van der Waals surface area (Å²) in [7, 11) is 0. The lowest BCUT2D eigenvalue weighted by molar-refractivity contribution is 0.400. The summed E-state index contributed by atoms with van der Waals surface area (Å²) in [5.74, 6) is -0.146. The Morgan fingerprint density at radius 1 is 0.833 bits per heavy atom. The second kappa shape index (κ2) is 5.57. The highest BCUT2D eigenvalue weighted by Crippen LogP contribution is 2.44. The Morgan fingerprint density at radius 2 is 1.54 bits per heavy atom. The summed E-state index contributed by atoms with van der Waals surface area (Å²) >= 11 is 0. The lowest BCUT2D eigenvalue weighted by Crippen LogP contribution is -1.94. The first-order valence-electron chi connectivity index (χ1n) is 8.06. The first-order valence-corrected chi connectivity index (χ1v) is 8.06. The topological polar surface area (TPSA) is 40.5 Å². The molecule has 0 aliphatic heterocycles. The van der Waals surface area contributed by atoms with E-state index in [1.807, 2.05) is 6.07 Å². The molecule has 0 bridgehead atoms. The molecule has 0 saturated carbocycles. The SMILES string of the molecule is C=CCc1c(-c2cccc3c2Cc2ccccc2-3)ccc(O)c1O. The first kappa shape index (κ1) is 14.6. The predicted molar refractivity (Wildman–Crippen MR) is 97.4 cm³/mol. The monoisotopic (exact) mass is 314 g/mol. The average Bonchev–Trinajstić information content (AvgIpc) is 2.98. The quantitative estimate of drug-likeness (QED) is 0.410. The van der Waals surface area contributed by atoms with Crippen molar-refractivity contribution in [2.45, 2.75) is 12.8 Å². The smallest absolute Gasteiger partial charge is 0.161 e. The van der Waals surface area contributed by atoms with Crippen molar-refractivity contribution in [3.63, 3.8) is 0 Å². The molecule has 4 rings (SSSR count). The van der Waals surface area contributed by atoms with Crippen LogP contribution in [0.25, 0.3) is 22.3 Å². The molecule has 0 unspecified atom stereocenters. The van der Waals surface area contributed by atoms with E-state index >= 15 is 0 Å². The first-order chi connectivity index (χ1) is 11.7. The molecule has 24 heavy (non-hydrogen) atoms. The standard InChI is InChI=1S/C22H18O2/c1-2-6-19-18(11-12-21(23)22(19)24)17-10-5-9-16-15-8-4-3-7-14(15)13-20(16)17/h2-5,7-12,23-24H,1,6,13H2. The van der Waals surface area contributed by atoms with E-state index in [1.165, 1.54) is 22.3 Å². The lowest BCUT2D eigenvalue weighted by Gasteiger charge is -2.15. The van der Waals surface area contributed by atoms with E-state index < -0.39 is 0 Å². The van der Waals surface area contributed by atoms with Crippen LogP contribution in [0.15, 0.2) is 67.3 Å². The van der Waals surface area contributed by atoms with Gasteiger partial charge in [-0.2, -0.15) is 0 Å². The number of allylic oxidation sites excluding steroid dienone is 1. The van der Waals surface area contributed by atoms with Gasteiger partial charge in [-0.15, -0.1) is 6.58 Å². The minimum atomic E-state index is -0.0912. The zero-order valence-electron chi connectivity index (χ0n) is 13.3. The highest BCUT2D eigenvalue weighted by atomic mass is 16.3. The minimum absolute atomic E-state index is 0.0551. The van der Waals surface area contributed by atoms with Gasteiger partial charge in [-0.1, -0.05) is 54.6 Å². The fourth-order valence-corrected chi connectivity index (χ4v) is 3.64. The van der Waals surface area contributed by atoms with Gasteiger partial charge in [0.15, 0.2) is 11.5 Å². The van der Waals surface area contributed by atoms with Crippen LogP contribution >= 0.6 is 0 Å². The third kappa shape index (κ3) is 2.11. The molecular weight excluding hydrogens is 296 g/mol. The van der Waals surface area contributed by atoms with Crippen molar-refractivity contribution >= 4 is 0 Å². The molecule has 0 heterocycles. The van der Waals surface area contributed by atoms with Gasteiger partial charge in [-0.05, 0) is 52.3 Å². The normalized spacial score (nSPS) is 11.8. The number of phenolic OH excluding ortho intramolecular Hbond substituents is 2. The van der Waals surface area contributed by atoms with E-state index in [9.17, 15) is 10.2 Å². The molecular formula is C22H18O2. The van der Waals surface area contributed by atoms with Gasteiger partial charge in [-0.25, -0.2) is 0 Å². The minimum Gasteiger partial charge on any atom is -0.504 e. The summed E-state index contributed by atoms with van der Waals surface area (Å²) in [6.45, 7) is 3.77. The Balaban J connectivity index is 1.95. The van der Waals surface area contributed by atoms with Crippen molar-refractivity contribution in [3.8, 4) is 33.8 Å². The number of hydrogen-bond donors (Lipinski definition) is 2. The van der Waals surface area contributed by atoms with Gasteiger partial charge in [0.05, 0.1) is 0 Å². The number of benzene rings is 3. The average molecular weight is 314 g/mol. The van der Waals surface area contributed by atoms with Crippen molar-refractivity contribution in [3.05, 3.63) is 83.9 Å². The van der Waals surface area contributed by atoms with E-state index in [1.54, 1.807) is 12.1 Å². The van der Waals surface area contributed by atoms with E-state index in [2.05, 4.69) is 49.0 Å².